The Morgan fingerprint density at radius 3 is 2.71 bits per heavy atom. The normalized spacial score (nSPS) is 18.6. The van der Waals surface area contributed by atoms with Crippen LogP contribution in [0.2, 0.25) is 0 Å². The second-order valence-corrected chi connectivity index (χ2v) is 7.21. The van der Waals surface area contributed by atoms with Crippen molar-refractivity contribution in [1.82, 2.24) is 34.7 Å². The van der Waals surface area contributed by atoms with Gasteiger partial charge >= 0.3 is 0 Å². The van der Waals surface area contributed by atoms with E-state index in [1.807, 2.05) is 17.8 Å². The molecule has 0 bridgehead atoms. The molecular weight excluding hydrogens is 306 g/mol. The van der Waals surface area contributed by atoms with E-state index in [-0.39, 0.29) is 11.5 Å². The molecule has 0 spiro atoms. The van der Waals surface area contributed by atoms with Crippen LogP contribution < -0.4 is 0 Å². The highest BCUT2D eigenvalue weighted by Gasteiger charge is 2.27. The fraction of sp³-hybridized carbons (Fsp3) is 0.562. The topological polar surface area (TPSA) is 83.5 Å². The van der Waals surface area contributed by atoms with E-state index < -0.39 is 0 Å². The molecule has 1 aliphatic rings. The van der Waals surface area contributed by atoms with Crippen LogP contribution in [0.25, 0.3) is 22.6 Å². The van der Waals surface area contributed by atoms with Gasteiger partial charge in [-0.05, 0) is 12.5 Å². The van der Waals surface area contributed by atoms with Gasteiger partial charge < -0.3 is 4.74 Å². The van der Waals surface area contributed by atoms with Crippen molar-refractivity contribution < 1.29 is 4.74 Å². The van der Waals surface area contributed by atoms with Gasteiger partial charge in [0, 0.05) is 25.3 Å². The van der Waals surface area contributed by atoms with E-state index in [1.165, 1.54) is 0 Å². The molecule has 4 rings (SSSR count). The van der Waals surface area contributed by atoms with Gasteiger partial charge in [0.1, 0.15) is 11.5 Å². The molecule has 0 aromatic carbocycles. The van der Waals surface area contributed by atoms with E-state index in [0.29, 0.717) is 12.1 Å². The average Bonchev–Trinajstić information content (AvgIpc) is 3.24. The third kappa shape index (κ3) is 2.37. The Kier molecular flexibility index (Phi) is 3.38. The van der Waals surface area contributed by atoms with Crippen molar-refractivity contribution >= 4 is 11.2 Å². The molecule has 0 aliphatic carbocycles. The Morgan fingerprint density at radius 2 is 2.08 bits per heavy atom. The van der Waals surface area contributed by atoms with Crippen LogP contribution in [0.5, 0.6) is 0 Å². The Hall–Kier alpha value is -2.35. The molecule has 0 radical (unpaired) electrons. The molecule has 3 aromatic rings. The van der Waals surface area contributed by atoms with Gasteiger partial charge in [-0.1, -0.05) is 26.0 Å². The highest BCUT2D eigenvalue weighted by Crippen LogP contribution is 2.30. The van der Waals surface area contributed by atoms with Gasteiger partial charge in [0.15, 0.2) is 11.2 Å². The van der Waals surface area contributed by atoms with Gasteiger partial charge in [-0.3, -0.25) is 4.68 Å². The third-order valence-electron chi connectivity index (χ3n) is 4.31. The van der Waals surface area contributed by atoms with Crippen molar-refractivity contribution in [2.45, 2.75) is 38.6 Å². The van der Waals surface area contributed by atoms with E-state index in [0.717, 1.165) is 35.9 Å². The summed E-state index contributed by atoms with van der Waals surface area (Å²) in [5.74, 6) is 0.772. The lowest BCUT2D eigenvalue weighted by Crippen LogP contribution is -2.18. The van der Waals surface area contributed by atoms with Crippen LogP contribution in [-0.2, 0) is 17.2 Å². The maximum Gasteiger partial charge on any atom is 0.182 e. The summed E-state index contributed by atoms with van der Waals surface area (Å²) in [5, 5.41) is 13.0. The Labute approximate surface area is 139 Å². The van der Waals surface area contributed by atoms with Crippen molar-refractivity contribution in [2.24, 2.45) is 7.05 Å². The summed E-state index contributed by atoms with van der Waals surface area (Å²) in [6.07, 6.45) is 2.68. The number of ether oxygens (including phenoxy) is 1. The maximum atomic E-state index is 5.50. The van der Waals surface area contributed by atoms with Crippen LogP contribution in [0, 0.1) is 0 Å². The molecule has 3 aromatic heterocycles. The summed E-state index contributed by atoms with van der Waals surface area (Å²) in [6.45, 7) is 7.71. The van der Waals surface area contributed by atoms with Crippen LogP contribution in [0.15, 0.2) is 12.3 Å². The van der Waals surface area contributed by atoms with E-state index in [2.05, 4.69) is 36.2 Å². The largest absolute Gasteiger partial charge is 0.379 e. The Morgan fingerprint density at radius 1 is 1.25 bits per heavy atom. The molecule has 1 saturated heterocycles. The second-order valence-electron chi connectivity index (χ2n) is 7.21. The smallest absolute Gasteiger partial charge is 0.182 e. The zero-order valence-electron chi connectivity index (χ0n) is 14.4. The standard InChI is InChI=1S/C16H21N7O/c1-16(2,3)15-18-12(11-5-7-17-22(11)4)13-14(19-15)23(21-20-13)10-6-8-24-9-10/h5,7,10H,6,8-9H2,1-4H3. The van der Waals surface area contributed by atoms with Crippen molar-refractivity contribution in [1.29, 1.82) is 0 Å². The highest BCUT2D eigenvalue weighted by molar-refractivity contribution is 5.85. The first-order valence-corrected chi connectivity index (χ1v) is 8.14. The summed E-state index contributed by atoms with van der Waals surface area (Å²) < 4.78 is 9.19. The van der Waals surface area contributed by atoms with Crippen molar-refractivity contribution in [3.8, 4) is 11.4 Å². The van der Waals surface area contributed by atoms with Gasteiger partial charge in [0.05, 0.1) is 18.3 Å². The molecule has 4 heterocycles. The van der Waals surface area contributed by atoms with Crippen LogP contribution >= 0.6 is 0 Å². The first-order valence-electron chi connectivity index (χ1n) is 8.14. The van der Waals surface area contributed by atoms with E-state index in [9.17, 15) is 0 Å². The van der Waals surface area contributed by atoms with Crippen LogP contribution in [-0.4, -0.2) is 48.0 Å². The second kappa shape index (κ2) is 5.34. The van der Waals surface area contributed by atoms with E-state index in [4.69, 9.17) is 14.7 Å². The summed E-state index contributed by atoms with van der Waals surface area (Å²) >= 11 is 0. The Balaban J connectivity index is 1.99. The number of hydrogen-bond donors (Lipinski definition) is 0. The zero-order chi connectivity index (χ0) is 16.9. The lowest BCUT2D eigenvalue weighted by Gasteiger charge is -2.18. The Bertz CT molecular complexity index is 884. The molecule has 0 amide bonds. The summed E-state index contributed by atoms with van der Waals surface area (Å²) in [5.41, 5.74) is 2.97. The van der Waals surface area contributed by atoms with Gasteiger partial charge in [-0.15, -0.1) is 5.10 Å². The summed E-state index contributed by atoms with van der Waals surface area (Å²) in [6, 6.07) is 2.11. The van der Waals surface area contributed by atoms with Crippen molar-refractivity contribution in [3.05, 3.63) is 18.1 Å². The molecule has 8 heteroatoms. The fourth-order valence-electron chi connectivity index (χ4n) is 2.91. The zero-order valence-corrected chi connectivity index (χ0v) is 14.4. The van der Waals surface area contributed by atoms with Gasteiger partial charge in [0.2, 0.25) is 0 Å². The molecule has 0 N–H and O–H groups in total. The van der Waals surface area contributed by atoms with Gasteiger partial charge in [-0.25, -0.2) is 14.6 Å². The first-order chi connectivity index (χ1) is 11.4. The molecule has 0 saturated carbocycles. The lowest BCUT2D eigenvalue weighted by atomic mass is 9.95. The number of hydrogen-bond acceptors (Lipinski definition) is 6. The number of nitrogens with zero attached hydrogens (tertiary/aromatic N) is 7. The number of rotatable bonds is 2. The summed E-state index contributed by atoms with van der Waals surface area (Å²) in [4.78, 5) is 9.59. The minimum absolute atomic E-state index is 0.178. The molecule has 1 fully saturated rings. The third-order valence-corrected chi connectivity index (χ3v) is 4.31. The van der Waals surface area contributed by atoms with Gasteiger partial charge in [0.25, 0.3) is 0 Å². The molecule has 24 heavy (non-hydrogen) atoms. The van der Waals surface area contributed by atoms with E-state index >= 15 is 0 Å². The average molecular weight is 327 g/mol. The van der Waals surface area contributed by atoms with E-state index in [1.54, 1.807) is 10.9 Å². The predicted octanol–water partition coefficient (Wildman–Crippen LogP) is 1.88. The van der Waals surface area contributed by atoms with Gasteiger partial charge in [-0.2, -0.15) is 5.10 Å². The quantitative estimate of drug-likeness (QED) is 0.714. The van der Waals surface area contributed by atoms with Crippen molar-refractivity contribution in [3.63, 3.8) is 0 Å². The molecule has 1 aliphatic heterocycles. The number of aryl methyl sites for hydroxylation is 1. The molecule has 1 atom stereocenters. The number of aromatic nitrogens is 7. The number of fused-ring (bicyclic) bond motifs is 1. The van der Waals surface area contributed by atoms with Crippen molar-refractivity contribution in [2.75, 3.05) is 13.2 Å². The maximum absolute atomic E-state index is 5.50. The molecule has 8 nitrogen and oxygen atoms in total. The minimum Gasteiger partial charge on any atom is -0.379 e. The monoisotopic (exact) mass is 327 g/mol. The molecular formula is C16H21N7O. The summed E-state index contributed by atoms with van der Waals surface area (Å²) in [7, 11) is 1.90. The first kappa shape index (κ1) is 15.2. The SMILES string of the molecule is Cn1nccc1-c1nc(C(C)(C)C)nc2c1nnn2C1CCOC1. The van der Waals surface area contributed by atoms with Crippen LogP contribution in [0.4, 0.5) is 0 Å². The molecule has 126 valence electrons. The fourth-order valence-corrected chi connectivity index (χ4v) is 2.91. The highest BCUT2D eigenvalue weighted by atomic mass is 16.5. The predicted molar refractivity (Wildman–Crippen MR) is 88.5 cm³/mol. The van der Waals surface area contributed by atoms with Crippen LogP contribution in [0.1, 0.15) is 39.1 Å². The minimum atomic E-state index is -0.178. The lowest BCUT2D eigenvalue weighted by molar-refractivity contribution is 0.184. The molecule has 1 unspecified atom stereocenters. The van der Waals surface area contributed by atoms with Crippen LogP contribution in [0.3, 0.4) is 0 Å².